The molecule has 3 unspecified atom stereocenters. The van der Waals surface area contributed by atoms with Crippen molar-refractivity contribution in [3.8, 4) is 0 Å². The van der Waals surface area contributed by atoms with Gasteiger partial charge < -0.3 is 20.3 Å². The van der Waals surface area contributed by atoms with E-state index in [1.54, 1.807) is 29.4 Å². The maximum absolute atomic E-state index is 12.5. The zero-order chi connectivity index (χ0) is 17.1. The van der Waals surface area contributed by atoms with E-state index in [1.165, 1.54) is 0 Å². The Labute approximate surface area is 141 Å². The first-order valence-electron chi connectivity index (χ1n) is 8.42. The standard InChI is InChI=1S/C17H24N4O3/c1-11(2)7-19-17(23)21-9-13-6-14(15(10-21)24-13)16(22)20-12-4-3-5-18-8-12/h3-5,8,11,13-15H,6-7,9-10H2,1-2H3,(H,19,23)(H,20,22). The fourth-order valence-electron chi connectivity index (χ4n) is 3.17. The predicted molar refractivity (Wildman–Crippen MR) is 89.4 cm³/mol. The quantitative estimate of drug-likeness (QED) is 0.875. The summed E-state index contributed by atoms with van der Waals surface area (Å²) in [6.45, 7) is 5.75. The molecule has 2 bridgehead atoms. The smallest absolute Gasteiger partial charge is 0.317 e. The Morgan fingerprint density at radius 2 is 2.25 bits per heavy atom. The lowest BCUT2D eigenvalue weighted by molar-refractivity contribution is -0.122. The Hall–Kier alpha value is -2.15. The van der Waals surface area contributed by atoms with Gasteiger partial charge in [-0.3, -0.25) is 9.78 Å². The summed E-state index contributed by atoms with van der Waals surface area (Å²) in [4.78, 5) is 30.5. The largest absolute Gasteiger partial charge is 0.370 e. The first kappa shape index (κ1) is 16.7. The molecule has 7 heteroatoms. The number of morpholine rings is 1. The minimum absolute atomic E-state index is 0.0695. The molecule has 0 radical (unpaired) electrons. The third-order valence-electron chi connectivity index (χ3n) is 4.37. The maximum atomic E-state index is 12.5. The highest BCUT2D eigenvalue weighted by Gasteiger charge is 2.45. The molecular weight excluding hydrogens is 308 g/mol. The summed E-state index contributed by atoms with van der Waals surface area (Å²) < 4.78 is 5.88. The number of anilines is 1. The van der Waals surface area contributed by atoms with Crippen LogP contribution in [0.2, 0.25) is 0 Å². The van der Waals surface area contributed by atoms with E-state index in [0.29, 0.717) is 37.7 Å². The second-order valence-electron chi connectivity index (χ2n) is 6.85. The lowest BCUT2D eigenvalue weighted by Gasteiger charge is -2.33. The Morgan fingerprint density at radius 3 is 2.96 bits per heavy atom. The van der Waals surface area contributed by atoms with Gasteiger partial charge >= 0.3 is 6.03 Å². The van der Waals surface area contributed by atoms with Gasteiger partial charge in [-0.05, 0) is 24.5 Å². The zero-order valence-corrected chi connectivity index (χ0v) is 14.1. The Kier molecular flexibility index (Phi) is 4.99. The molecular formula is C17H24N4O3. The molecule has 1 aromatic rings. The number of pyridine rings is 1. The monoisotopic (exact) mass is 332 g/mol. The number of amides is 3. The first-order chi connectivity index (χ1) is 11.5. The lowest BCUT2D eigenvalue weighted by Crippen LogP contribution is -2.51. The molecule has 0 saturated carbocycles. The number of rotatable bonds is 4. The van der Waals surface area contributed by atoms with Gasteiger partial charge in [0.05, 0.1) is 30.0 Å². The number of likely N-dealkylation sites (tertiary alicyclic amines) is 1. The molecule has 3 rings (SSSR count). The molecule has 24 heavy (non-hydrogen) atoms. The molecule has 2 saturated heterocycles. The number of carbonyl (C=O) groups is 2. The summed E-state index contributed by atoms with van der Waals surface area (Å²) >= 11 is 0. The highest BCUT2D eigenvalue weighted by molar-refractivity contribution is 5.93. The summed E-state index contributed by atoms with van der Waals surface area (Å²) in [6, 6.07) is 3.51. The van der Waals surface area contributed by atoms with Crippen molar-refractivity contribution in [3.05, 3.63) is 24.5 Å². The van der Waals surface area contributed by atoms with Crippen molar-refractivity contribution in [2.75, 3.05) is 25.0 Å². The summed E-state index contributed by atoms with van der Waals surface area (Å²) in [5.41, 5.74) is 0.676. The normalized spacial score (nSPS) is 25.6. The van der Waals surface area contributed by atoms with Crippen LogP contribution in [0.3, 0.4) is 0 Å². The number of urea groups is 1. The number of carbonyl (C=O) groups excluding carboxylic acids is 2. The fourth-order valence-corrected chi connectivity index (χ4v) is 3.17. The Morgan fingerprint density at radius 1 is 1.42 bits per heavy atom. The molecule has 2 aliphatic heterocycles. The molecule has 0 aromatic carbocycles. The minimum Gasteiger partial charge on any atom is -0.370 e. The topological polar surface area (TPSA) is 83.6 Å². The number of ether oxygens (including phenoxy) is 1. The van der Waals surface area contributed by atoms with Crippen molar-refractivity contribution in [1.82, 2.24) is 15.2 Å². The van der Waals surface area contributed by atoms with Gasteiger partial charge in [0.2, 0.25) is 5.91 Å². The van der Waals surface area contributed by atoms with Gasteiger partial charge in [-0.1, -0.05) is 13.8 Å². The van der Waals surface area contributed by atoms with Gasteiger partial charge in [0.15, 0.2) is 0 Å². The average Bonchev–Trinajstić information content (AvgIpc) is 2.87. The van der Waals surface area contributed by atoms with E-state index in [9.17, 15) is 9.59 Å². The third kappa shape index (κ3) is 3.84. The molecule has 0 aliphatic carbocycles. The summed E-state index contributed by atoms with van der Waals surface area (Å²) in [7, 11) is 0. The molecule has 2 N–H and O–H groups in total. The van der Waals surface area contributed by atoms with Crippen molar-refractivity contribution in [2.24, 2.45) is 11.8 Å². The molecule has 130 valence electrons. The number of hydrogen-bond donors (Lipinski definition) is 2. The summed E-state index contributed by atoms with van der Waals surface area (Å²) in [5.74, 6) is 0.0998. The lowest BCUT2D eigenvalue weighted by atomic mass is 9.99. The van der Waals surface area contributed by atoms with Crippen LogP contribution in [0.1, 0.15) is 20.3 Å². The van der Waals surface area contributed by atoms with Crippen LogP contribution >= 0.6 is 0 Å². The van der Waals surface area contributed by atoms with Crippen LogP contribution < -0.4 is 10.6 Å². The van der Waals surface area contributed by atoms with Gasteiger partial charge in [-0.2, -0.15) is 0 Å². The van der Waals surface area contributed by atoms with E-state index in [1.807, 2.05) is 0 Å². The van der Waals surface area contributed by atoms with Crippen molar-refractivity contribution in [2.45, 2.75) is 32.5 Å². The van der Waals surface area contributed by atoms with Crippen LogP contribution in [0.4, 0.5) is 10.5 Å². The van der Waals surface area contributed by atoms with Crippen LogP contribution in [0, 0.1) is 11.8 Å². The molecule has 2 aliphatic rings. The summed E-state index contributed by atoms with van der Waals surface area (Å²) in [6.07, 6.45) is 3.61. The minimum atomic E-state index is -0.245. The SMILES string of the molecule is CC(C)CNC(=O)N1CC2CC(C(=O)Nc3cccnc3)C(C1)O2. The third-order valence-corrected chi connectivity index (χ3v) is 4.37. The molecule has 2 fully saturated rings. The van der Waals surface area contributed by atoms with E-state index in [0.717, 1.165) is 0 Å². The number of nitrogens with one attached hydrogen (secondary N) is 2. The number of nitrogens with zero attached hydrogens (tertiary/aromatic N) is 2. The van der Waals surface area contributed by atoms with E-state index < -0.39 is 0 Å². The fraction of sp³-hybridized carbons (Fsp3) is 0.588. The summed E-state index contributed by atoms with van der Waals surface area (Å²) in [5, 5.41) is 5.81. The average molecular weight is 332 g/mol. The van der Waals surface area contributed by atoms with Crippen LogP contribution in [-0.2, 0) is 9.53 Å². The van der Waals surface area contributed by atoms with Crippen molar-refractivity contribution in [1.29, 1.82) is 0 Å². The van der Waals surface area contributed by atoms with E-state index >= 15 is 0 Å². The van der Waals surface area contributed by atoms with Crippen LogP contribution in [0.5, 0.6) is 0 Å². The van der Waals surface area contributed by atoms with Gasteiger partial charge in [-0.25, -0.2) is 4.79 Å². The molecule has 1 aromatic heterocycles. The van der Waals surface area contributed by atoms with Crippen molar-refractivity contribution < 1.29 is 14.3 Å². The number of fused-ring (bicyclic) bond motifs is 2. The van der Waals surface area contributed by atoms with Gasteiger partial charge in [0, 0.05) is 25.8 Å². The molecule has 0 spiro atoms. The molecule has 3 atom stereocenters. The van der Waals surface area contributed by atoms with E-state index in [4.69, 9.17) is 4.74 Å². The first-order valence-corrected chi connectivity index (χ1v) is 8.42. The van der Waals surface area contributed by atoms with Crippen molar-refractivity contribution >= 4 is 17.6 Å². The second kappa shape index (κ2) is 7.17. The van der Waals surface area contributed by atoms with E-state index in [-0.39, 0.29) is 30.1 Å². The maximum Gasteiger partial charge on any atom is 0.317 e. The number of hydrogen-bond acceptors (Lipinski definition) is 4. The van der Waals surface area contributed by atoms with Gasteiger partial charge in [-0.15, -0.1) is 0 Å². The van der Waals surface area contributed by atoms with Crippen LogP contribution in [0.25, 0.3) is 0 Å². The Bertz CT molecular complexity index is 593. The van der Waals surface area contributed by atoms with Gasteiger partial charge in [0.25, 0.3) is 0 Å². The molecule has 3 amide bonds. The highest BCUT2D eigenvalue weighted by Crippen LogP contribution is 2.32. The highest BCUT2D eigenvalue weighted by atomic mass is 16.5. The predicted octanol–water partition coefficient (Wildman–Crippen LogP) is 1.47. The van der Waals surface area contributed by atoms with Crippen LogP contribution in [0.15, 0.2) is 24.5 Å². The molecule has 7 nitrogen and oxygen atoms in total. The molecule has 3 heterocycles. The Balaban J connectivity index is 1.57. The second-order valence-corrected chi connectivity index (χ2v) is 6.85. The van der Waals surface area contributed by atoms with Crippen LogP contribution in [-0.4, -0.2) is 53.7 Å². The van der Waals surface area contributed by atoms with Gasteiger partial charge in [0.1, 0.15) is 0 Å². The van der Waals surface area contributed by atoms with E-state index in [2.05, 4.69) is 29.5 Å². The number of aromatic nitrogens is 1. The zero-order valence-electron chi connectivity index (χ0n) is 14.1. The van der Waals surface area contributed by atoms with Crippen molar-refractivity contribution in [3.63, 3.8) is 0 Å².